The van der Waals surface area contributed by atoms with Crippen molar-refractivity contribution in [1.29, 1.82) is 0 Å². The standard InChI is InChI=1S/C13H25N3/c1-5-8-14-12(4)6-7-13-9-15-16(10-13)11(2)3/h9-12,14H,5-8H2,1-4H3. The molecule has 0 bridgehead atoms. The van der Waals surface area contributed by atoms with E-state index in [0.29, 0.717) is 12.1 Å². The van der Waals surface area contributed by atoms with E-state index in [0.717, 1.165) is 13.0 Å². The van der Waals surface area contributed by atoms with Crippen LogP contribution in [0.1, 0.15) is 52.1 Å². The van der Waals surface area contributed by atoms with E-state index in [1.165, 1.54) is 18.4 Å². The Bertz CT molecular complexity index is 291. The maximum Gasteiger partial charge on any atom is 0.0521 e. The fraction of sp³-hybridized carbons (Fsp3) is 0.769. The zero-order valence-electron chi connectivity index (χ0n) is 11.0. The molecule has 0 fully saturated rings. The Morgan fingerprint density at radius 3 is 2.69 bits per heavy atom. The topological polar surface area (TPSA) is 29.9 Å². The Morgan fingerprint density at radius 1 is 1.38 bits per heavy atom. The summed E-state index contributed by atoms with van der Waals surface area (Å²) in [6.45, 7) is 9.88. The molecule has 0 spiro atoms. The molecule has 0 aliphatic carbocycles. The first-order chi connectivity index (χ1) is 7.63. The van der Waals surface area contributed by atoms with Gasteiger partial charge in [-0.2, -0.15) is 5.10 Å². The second kappa shape index (κ2) is 6.69. The third-order valence-corrected chi connectivity index (χ3v) is 2.79. The Kier molecular flexibility index (Phi) is 5.53. The highest BCUT2D eigenvalue weighted by Gasteiger charge is 2.04. The van der Waals surface area contributed by atoms with Crippen LogP contribution in [-0.2, 0) is 6.42 Å². The lowest BCUT2D eigenvalue weighted by Gasteiger charge is -2.11. The predicted molar refractivity (Wildman–Crippen MR) is 68.7 cm³/mol. The van der Waals surface area contributed by atoms with Gasteiger partial charge in [-0.3, -0.25) is 4.68 Å². The normalized spacial score (nSPS) is 13.3. The minimum absolute atomic E-state index is 0.462. The fourth-order valence-corrected chi connectivity index (χ4v) is 1.66. The van der Waals surface area contributed by atoms with Gasteiger partial charge >= 0.3 is 0 Å². The lowest BCUT2D eigenvalue weighted by atomic mass is 10.1. The van der Waals surface area contributed by atoms with Crippen LogP contribution in [0.2, 0.25) is 0 Å². The molecule has 0 saturated carbocycles. The maximum absolute atomic E-state index is 4.35. The van der Waals surface area contributed by atoms with Crippen LogP contribution in [0.5, 0.6) is 0 Å². The van der Waals surface area contributed by atoms with Crippen LogP contribution in [-0.4, -0.2) is 22.4 Å². The minimum atomic E-state index is 0.462. The first kappa shape index (κ1) is 13.2. The first-order valence-electron chi connectivity index (χ1n) is 6.40. The van der Waals surface area contributed by atoms with Crippen LogP contribution in [0.15, 0.2) is 12.4 Å². The van der Waals surface area contributed by atoms with Gasteiger partial charge in [0.15, 0.2) is 0 Å². The summed E-state index contributed by atoms with van der Waals surface area (Å²) in [7, 11) is 0. The molecule has 0 aliphatic heterocycles. The molecule has 0 saturated heterocycles. The molecule has 1 unspecified atom stereocenters. The van der Waals surface area contributed by atoms with Crippen LogP contribution in [0.3, 0.4) is 0 Å². The summed E-state index contributed by atoms with van der Waals surface area (Å²) in [4.78, 5) is 0. The Hall–Kier alpha value is -0.830. The van der Waals surface area contributed by atoms with E-state index in [-0.39, 0.29) is 0 Å². The van der Waals surface area contributed by atoms with Crippen molar-refractivity contribution < 1.29 is 0 Å². The van der Waals surface area contributed by atoms with Gasteiger partial charge in [-0.1, -0.05) is 6.92 Å². The van der Waals surface area contributed by atoms with E-state index >= 15 is 0 Å². The summed E-state index contributed by atoms with van der Waals surface area (Å²) >= 11 is 0. The summed E-state index contributed by atoms with van der Waals surface area (Å²) < 4.78 is 2.03. The molecular formula is C13H25N3. The van der Waals surface area contributed by atoms with Gasteiger partial charge in [-0.15, -0.1) is 0 Å². The van der Waals surface area contributed by atoms with Crippen molar-refractivity contribution in [3.63, 3.8) is 0 Å². The van der Waals surface area contributed by atoms with Gasteiger partial charge in [-0.05, 0) is 52.1 Å². The summed E-state index contributed by atoms with van der Waals surface area (Å²) in [6, 6.07) is 1.06. The summed E-state index contributed by atoms with van der Waals surface area (Å²) in [5, 5.41) is 7.86. The third kappa shape index (κ3) is 4.35. The van der Waals surface area contributed by atoms with Crippen molar-refractivity contribution in [1.82, 2.24) is 15.1 Å². The van der Waals surface area contributed by atoms with Crippen LogP contribution >= 0.6 is 0 Å². The maximum atomic E-state index is 4.35. The van der Waals surface area contributed by atoms with Gasteiger partial charge in [0.2, 0.25) is 0 Å². The van der Waals surface area contributed by atoms with Gasteiger partial charge in [0.1, 0.15) is 0 Å². The second-order valence-electron chi connectivity index (χ2n) is 4.82. The van der Waals surface area contributed by atoms with Crippen molar-refractivity contribution >= 4 is 0 Å². The smallest absolute Gasteiger partial charge is 0.0521 e. The summed E-state index contributed by atoms with van der Waals surface area (Å²) in [5.41, 5.74) is 1.35. The van der Waals surface area contributed by atoms with Crippen LogP contribution in [0.25, 0.3) is 0 Å². The average Bonchev–Trinajstić information content (AvgIpc) is 2.72. The van der Waals surface area contributed by atoms with E-state index in [9.17, 15) is 0 Å². The monoisotopic (exact) mass is 223 g/mol. The van der Waals surface area contributed by atoms with Gasteiger partial charge in [0.05, 0.1) is 6.20 Å². The lowest BCUT2D eigenvalue weighted by molar-refractivity contribution is 0.512. The highest BCUT2D eigenvalue weighted by molar-refractivity contribution is 5.04. The molecule has 1 atom stereocenters. The van der Waals surface area contributed by atoms with Gasteiger partial charge in [-0.25, -0.2) is 0 Å². The molecule has 1 aromatic heterocycles. The number of nitrogens with zero attached hydrogens (tertiary/aromatic N) is 2. The molecule has 3 heteroatoms. The molecule has 3 nitrogen and oxygen atoms in total. The zero-order valence-corrected chi connectivity index (χ0v) is 11.0. The number of aromatic nitrogens is 2. The highest BCUT2D eigenvalue weighted by atomic mass is 15.3. The van der Waals surface area contributed by atoms with E-state index in [2.05, 4.69) is 44.3 Å². The highest BCUT2D eigenvalue weighted by Crippen LogP contribution is 2.08. The SMILES string of the molecule is CCCNC(C)CCc1cnn(C(C)C)c1. The second-order valence-corrected chi connectivity index (χ2v) is 4.82. The summed E-state index contributed by atoms with van der Waals surface area (Å²) in [5.74, 6) is 0. The largest absolute Gasteiger partial charge is 0.314 e. The number of rotatable bonds is 7. The van der Waals surface area contributed by atoms with E-state index in [1.807, 2.05) is 10.9 Å². The molecule has 92 valence electrons. The molecule has 0 radical (unpaired) electrons. The summed E-state index contributed by atoms with van der Waals surface area (Å²) in [6.07, 6.45) is 7.66. The molecule has 0 aromatic carbocycles. The number of hydrogen-bond acceptors (Lipinski definition) is 2. The Labute approximate surface area is 99.2 Å². The van der Waals surface area contributed by atoms with Gasteiger partial charge < -0.3 is 5.32 Å². The molecule has 1 aromatic rings. The van der Waals surface area contributed by atoms with E-state index < -0.39 is 0 Å². The number of nitrogens with one attached hydrogen (secondary N) is 1. The van der Waals surface area contributed by atoms with Crippen LogP contribution in [0.4, 0.5) is 0 Å². The van der Waals surface area contributed by atoms with E-state index in [4.69, 9.17) is 0 Å². The van der Waals surface area contributed by atoms with Crippen molar-refractivity contribution in [2.24, 2.45) is 0 Å². The van der Waals surface area contributed by atoms with E-state index in [1.54, 1.807) is 0 Å². The Morgan fingerprint density at radius 2 is 2.12 bits per heavy atom. The van der Waals surface area contributed by atoms with Crippen molar-refractivity contribution in [3.8, 4) is 0 Å². The first-order valence-corrected chi connectivity index (χ1v) is 6.40. The zero-order chi connectivity index (χ0) is 12.0. The molecule has 16 heavy (non-hydrogen) atoms. The number of hydrogen-bond donors (Lipinski definition) is 1. The lowest BCUT2D eigenvalue weighted by Crippen LogP contribution is -2.27. The Balaban J connectivity index is 2.31. The van der Waals surface area contributed by atoms with Crippen LogP contribution in [0, 0.1) is 0 Å². The number of aryl methyl sites for hydroxylation is 1. The van der Waals surface area contributed by atoms with Gasteiger partial charge in [0.25, 0.3) is 0 Å². The molecule has 1 heterocycles. The third-order valence-electron chi connectivity index (χ3n) is 2.79. The van der Waals surface area contributed by atoms with Gasteiger partial charge in [0, 0.05) is 18.3 Å². The van der Waals surface area contributed by atoms with Crippen molar-refractivity contribution in [3.05, 3.63) is 18.0 Å². The molecule has 1 rings (SSSR count). The quantitative estimate of drug-likeness (QED) is 0.770. The van der Waals surface area contributed by atoms with Crippen molar-refractivity contribution in [2.45, 2.75) is 59.0 Å². The molecular weight excluding hydrogens is 198 g/mol. The predicted octanol–water partition coefficient (Wildman–Crippen LogP) is 2.78. The van der Waals surface area contributed by atoms with Crippen molar-refractivity contribution in [2.75, 3.05) is 6.54 Å². The molecule has 0 amide bonds. The fourth-order valence-electron chi connectivity index (χ4n) is 1.66. The molecule has 1 N–H and O–H groups in total. The molecule has 0 aliphatic rings. The van der Waals surface area contributed by atoms with Crippen LogP contribution < -0.4 is 5.32 Å². The minimum Gasteiger partial charge on any atom is -0.314 e. The average molecular weight is 223 g/mol.